The van der Waals surface area contributed by atoms with Crippen molar-refractivity contribution in [3.63, 3.8) is 0 Å². The normalized spacial score (nSPS) is 11.8. The first kappa shape index (κ1) is 17.5. The van der Waals surface area contributed by atoms with Gasteiger partial charge in [-0.2, -0.15) is 0 Å². The molecule has 3 aromatic rings. The van der Waals surface area contributed by atoms with Crippen LogP contribution in [0, 0.1) is 0 Å². The molecule has 0 fully saturated rings. The van der Waals surface area contributed by atoms with Crippen LogP contribution < -0.4 is 10.1 Å². The minimum absolute atomic E-state index is 0.0756. The van der Waals surface area contributed by atoms with Gasteiger partial charge >= 0.3 is 5.97 Å². The Morgan fingerprint density at radius 3 is 2.81 bits per heavy atom. The summed E-state index contributed by atoms with van der Waals surface area (Å²) >= 11 is 0. The molecular formula is C19H18N2O5. The number of methoxy groups -OCH3 is 1. The zero-order valence-electron chi connectivity index (χ0n) is 14.4. The van der Waals surface area contributed by atoms with E-state index in [1.54, 1.807) is 37.4 Å². The molecule has 0 radical (unpaired) electrons. The molecule has 1 atom stereocenters. The molecule has 1 aromatic heterocycles. The lowest BCUT2D eigenvalue weighted by Gasteiger charge is -2.13. The van der Waals surface area contributed by atoms with Gasteiger partial charge in [0.1, 0.15) is 11.4 Å². The molecule has 1 amide bonds. The molecule has 0 unspecified atom stereocenters. The number of ether oxygens (including phenoxy) is 2. The molecule has 7 heteroatoms. The number of para-hydroxylation sites is 1. The minimum atomic E-state index is -0.952. The van der Waals surface area contributed by atoms with E-state index in [1.165, 1.54) is 6.92 Å². The Morgan fingerprint density at radius 2 is 2.00 bits per heavy atom. The predicted molar refractivity (Wildman–Crippen MR) is 94.9 cm³/mol. The first-order chi connectivity index (χ1) is 12.6. The van der Waals surface area contributed by atoms with E-state index in [-0.39, 0.29) is 6.42 Å². The second kappa shape index (κ2) is 7.69. The van der Waals surface area contributed by atoms with E-state index in [4.69, 9.17) is 14.0 Å². The van der Waals surface area contributed by atoms with Crippen LogP contribution in [0.15, 0.2) is 53.1 Å². The Hall–Kier alpha value is -3.35. The standard InChI is InChI=1S/C19H18N2O5/c1-12(19(23)20-13-6-5-7-14(10-13)24-2)25-18(22)11-16-15-8-3-4-9-17(15)26-21-16/h3-10,12H,11H2,1-2H3,(H,20,23)/t12-/m1/s1. The number of aromatic nitrogens is 1. The number of carbonyl (C=O) groups is 2. The average molecular weight is 354 g/mol. The van der Waals surface area contributed by atoms with Gasteiger partial charge in [-0.3, -0.25) is 9.59 Å². The van der Waals surface area contributed by atoms with Crippen molar-refractivity contribution in [2.24, 2.45) is 0 Å². The highest BCUT2D eigenvalue weighted by molar-refractivity contribution is 5.95. The van der Waals surface area contributed by atoms with Crippen LogP contribution in [0.1, 0.15) is 12.6 Å². The number of esters is 1. The Kier molecular flexibility index (Phi) is 5.17. The molecule has 0 spiro atoms. The van der Waals surface area contributed by atoms with Crippen LogP contribution in [0.3, 0.4) is 0 Å². The van der Waals surface area contributed by atoms with Gasteiger partial charge in [0.2, 0.25) is 0 Å². The lowest BCUT2D eigenvalue weighted by Crippen LogP contribution is -2.30. The van der Waals surface area contributed by atoms with Crippen LogP contribution in [-0.2, 0) is 20.7 Å². The van der Waals surface area contributed by atoms with Crippen LogP contribution in [-0.4, -0.2) is 30.2 Å². The molecule has 0 saturated heterocycles. The van der Waals surface area contributed by atoms with Crippen molar-refractivity contribution in [1.82, 2.24) is 5.16 Å². The molecule has 0 aliphatic rings. The van der Waals surface area contributed by atoms with Crippen LogP contribution in [0.25, 0.3) is 11.0 Å². The molecule has 0 bridgehead atoms. The molecule has 26 heavy (non-hydrogen) atoms. The van der Waals surface area contributed by atoms with E-state index in [1.807, 2.05) is 18.2 Å². The summed E-state index contributed by atoms with van der Waals surface area (Å²) in [6, 6.07) is 14.1. The topological polar surface area (TPSA) is 90.7 Å². The molecule has 7 nitrogen and oxygen atoms in total. The van der Waals surface area contributed by atoms with Gasteiger partial charge in [-0.15, -0.1) is 0 Å². The van der Waals surface area contributed by atoms with Crippen molar-refractivity contribution in [2.45, 2.75) is 19.4 Å². The fourth-order valence-corrected chi connectivity index (χ4v) is 2.44. The fourth-order valence-electron chi connectivity index (χ4n) is 2.44. The molecule has 2 aromatic carbocycles. The lowest BCUT2D eigenvalue weighted by molar-refractivity contribution is -0.152. The number of amides is 1. The fraction of sp³-hybridized carbons (Fsp3) is 0.211. The van der Waals surface area contributed by atoms with E-state index in [0.29, 0.717) is 22.7 Å². The van der Waals surface area contributed by atoms with Gasteiger partial charge in [0.15, 0.2) is 11.7 Å². The highest BCUT2D eigenvalue weighted by Gasteiger charge is 2.20. The number of nitrogens with one attached hydrogen (secondary N) is 1. The summed E-state index contributed by atoms with van der Waals surface area (Å²) in [6.07, 6.45) is -1.03. The Labute approximate surface area is 149 Å². The quantitative estimate of drug-likeness (QED) is 0.685. The number of hydrogen-bond acceptors (Lipinski definition) is 6. The maximum Gasteiger partial charge on any atom is 0.312 e. The molecule has 1 heterocycles. The summed E-state index contributed by atoms with van der Waals surface area (Å²) in [7, 11) is 1.54. The number of hydrogen-bond donors (Lipinski definition) is 1. The Bertz CT molecular complexity index is 934. The maximum absolute atomic E-state index is 12.2. The van der Waals surface area contributed by atoms with Crippen LogP contribution in [0.4, 0.5) is 5.69 Å². The molecule has 0 aliphatic heterocycles. The second-order valence-corrected chi connectivity index (χ2v) is 5.66. The van der Waals surface area contributed by atoms with Crippen molar-refractivity contribution in [3.8, 4) is 5.75 Å². The van der Waals surface area contributed by atoms with E-state index < -0.39 is 18.0 Å². The monoisotopic (exact) mass is 354 g/mol. The van der Waals surface area contributed by atoms with Gasteiger partial charge in [-0.1, -0.05) is 23.4 Å². The number of rotatable bonds is 6. The summed E-state index contributed by atoms with van der Waals surface area (Å²) in [5.74, 6) is -0.376. The lowest BCUT2D eigenvalue weighted by atomic mass is 10.2. The van der Waals surface area contributed by atoms with Crippen LogP contribution in [0.5, 0.6) is 5.75 Å². The van der Waals surface area contributed by atoms with Gasteiger partial charge in [0.05, 0.1) is 13.5 Å². The van der Waals surface area contributed by atoms with Crippen molar-refractivity contribution in [1.29, 1.82) is 0 Å². The highest BCUT2D eigenvalue weighted by atomic mass is 16.5. The minimum Gasteiger partial charge on any atom is -0.497 e. The highest BCUT2D eigenvalue weighted by Crippen LogP contribution is 2.19. The first-order valence-electron chi connectivity index (χ1n) is 8.04. The average Bonchev–Trinajstić information content (AvgIpc) is 3.04. The Morgan fingerprint density at radius 1 is 1.19 bits per heavy atom. The van der Waals surface area contributed by atoms with E-state index >= 15 is 0 Å². The van der Waals surface area contributed by atoms with Gasteiger partial charge < -0.3 is 19.3 Å². The first-order valence-corrected chi connectivity index (χ1v) is 8.04. The van der Waals surface area contributed by atoms with Crippen LogP contribution in [0.2, 0.25) is 0 Å². The number of anilines is 1. The van der Waals surface area contributed by atoms with Gasteiger partial charge in [-0.25, -0.2) is 0 Å². The molecule has 0 aliphatic carbocycles. The largest absolute Gasteiger partial charge is 0.497 e. The smallest absolute Gasteiger partial charge is 0.312 e. The summed E-state index contributed by atoms with van der Waals surface area (Å²) in [5, 5.41) is 7.31. The Balaban J connectivity index is 1.58. The zero-order chi connectivity index (χ0) is 18.5. The number of benzene rings is 2. The SMILES string of the molecule is COc1cccc(NC(=O)[C@@H](C)OC(=O)Cc2noc3ccccc23)c1. The molecule has 0 saturated carbocycles. The van der Waals surface area contributed by atoms with Crippen LogP contribution >= 0.6 is 0 Å². The van der Waals surface area contributed by atoms with Gasteiger partial charge in [0, 0.05) is 17.1 Å². The van der Waals surface area contributed by atoms with E-state index in [9.17, 15) is 9.59 Å². The summed E-state index contributed by atoms with van der Waals surface area (Å²) in [6.45, 7) is 1.51. The van der Waals surface area contributed by atoms with Crippen molar-refractivity contribution < 1.29 is 23.6 Å². The second-order valence-electron chi connectivity index (χ2n) is 5.66. The maximum atomic E-state index is 12.2. The molecular weight excluding hydrogens is 336 g/mol. The van der Waals surface area contributed by atoms with Gasteiger partial charge in [0.25, 0.3) is 5.91 Å². The molecule has 134 valence electrons. The summed E-state index contributed by atoms with van der Waals surface area (Å²) < 4.78 is 15.5. The van der Waals surface area contributed by atoms with Gasteiger partial charge in [-0.05, 0) is 31.2 Å². The van der Waals surface area contributed by atoms with Crippen molar-refractivity contribution >= 4 is 28.5 Å². The third-order valence-corrected chi connectivity index (χ3v) is 3.78. The zero-order valence-corrected chi connectivity index (χ0v) is 14.4. The molecule has 3 rings (SSSR count). The van der Waals surface area contributed by atoms with E-state index in [0.717, 1.165) is 5.39 Å². The van der Waals surface area contributed by atoms with Crippen molar-refractivity contribution in [3.05, 3.63) is 54.2 Å². The predicted octanol–water partition coefficient (Wildman–Crippen LogP) is 2.95. The number of nitrogens with zero attached hydrogens (tertiary/aromatic N) is 1. The summed E-state index contributed by atoms with van der Waals surface area (Å²) in [4.78, 5) is 24.3. The van der Waals surface area contributed by atoms with E-state index in [2.05, 4.69) is 10.5 Å². The van der Waals surface area contributed by atoms with Crippen molar-refractivity contribution in [2.75, 3.05) is 12.4 Å². The summed E-state index contributed by atoms with van der Waals surface area (Å²) in [5.41, 5.74) is 1.63. The third kappa shape index (κ3) is 4.00. The molecule has 1 N–H and O–H groups in total. The third-order valence-electron chi connectivity index (χ3n) is 3.78. The number of carbonyl (C=O) groups excluding carboxylic acids is 2. The number of fused-ring (bicyclic) bond motifs is 1.